The SMILES string of the molecule is COc1ccc(NC2N=NC(c3ccccc3)=C2c2ccccc2)cc1. The molecule has 1 unspecified atom stereocenters. The number of hydrogen-bond donors (Lipinski definition) is 1. The average Bonchev–Trinajstić information content (AvgIpc) is 3.13. The molecule has 0 radical (unpaired) electrons. The first-order valence-corrected chi connectivity index (χ1v) is 8.51. The van der Waals surface area contributed by atoms with Crippen LogP contribution in [-0.4, -0.2) is 13.3 Å². The van der Waals surface area contributed by atoms with Crippen molar-refractivity contribution >= 4 is 17.0 Å². The van der Waals surface area contributed by atoms with Crippen LogP contribution in [0.15, 0.2) is 95.2 Å². The highest BCUT2D eigenvalue weighted by molar-refractivity contribution is 5.94. The molecule has 0 fully saturated rings. The number of nitrogens with zero attached hydrogens (tertiary/aromatic N) is 2. The molecule has 0 saturated heterocycles. The average molecular weight is 341 g/mol. The molecule has 0 saturated carbocycles. The summed E-state index contributed by atoms with van der Waals surface area (Å²) in [7, 11) is 1.66. The molecular formula is C22H19N3O. The van der Waals surface area contributed by atoms with E-state index in [2.05, 4.69) is 39.8 Å². The van der Waals surface area contributed by atoms with E-state index >= 15 is 0 Å². The second-order valence-corrected chi connectivity index (χ2v) is 5.99. The van der Waals surface area contributed by atoms with Crippen LogP contribution in [0.25, 0.3) is 11.3 Å². The standard InChI is InChI=1S/C22H19N3O/c1-26-19-14-12-18(13-15-19)23-22-20(16-8-4-2-5-9-16)21(24-25-22)17-10-6-3-7-11-17/h2-15,22-23H,1H3. The van der Waals surface area contributed by atoms with E-state index in [4.69, 9.17) is 4.74 Å². The predicted octanol–water partition coefficient (Wildman–Crippen LogP) is 5.47. The fourth-order valence-electron chi connectivity index (χ4n) is 3.02. The summed E-state index contributed by atoms with van der Waals surface area (Å²) < 4.78 is 5.23. The first-order valence-electron chi connectivity index (χ1n) is 8.51. The molecule has 3 aromatic rings. The minimum atomic E-state index is -0.235. The minimum Gasteiger partial charge on any atom is -0.497 e. The smallest absolute Gasteiger partial charge is 0.168 e. The van der Waals surface area contributed by atoms with Crippen LogP contribution in [0.3, 0.4) is 0 Å². The number of methoxy groups -OCH3 is 1. The molecule has 1 aliphatic rings. The molecule has 1 heterocycles. The molecule has 0 aliphatic carbocycles. The third-order valence-electron chi connectivity index (χ3n) is 4.33. The van der Waals surface area contributed by atoms with Gasteiger partial charge in [-0.05, 0) is 29.8 Å². The van der Waals surface area contributed by atoms with E-state index < -0.39 is 0 Å². The van der Waals surface area contributed by atoms with Gasteiger partial charge >= 0.3 is 0 Å². The molecule has 4 heteroatoms. The van der Waals surface area contributed by atoms with Crippen molar-refractivity contribution in [3.8, 4) is 5.75 Å². The highest BCUT2D eigenvalue weighted by Gasteiger charge is 2.26. The van der Waals surface area contributed by atoms with Crippen LogP contribution in [-0.2, 0) is 0 Å². The van der Waals surface area contributed by atoms with E-state index in [1.54, 1.807) is 7.11 Å². The van der Waals surface area contributed by atoms with Gasteiger partial charge < -0.3 is 10.1 Å². The normalized spacial score (nSPS) is 16.0. The maximum Gasteiger partial charge on any atom is 0.168 e. The lowest BCUT2D eigenvalue weighted by Crippen LogP contribution is -2.17. The zero-order valence-corrected chi connectivity index (χ0v) is 14.5. The predicted molar refractivity (Wildman–Crippen MR) is 105 cm³/mol. The topological polar surface area (TPSA) is 46.0 Å². The largest absolute Gasteiger partial charge is 0.497 e. The van der Waals surface area contributed by atoms with Crippen LogP contribution < -0.4 is 10.1 Å². The molecule has 0 aromatic heterocycles. The molecule has 0 spiro atoms. The fraction of sp³-hybridized carbons (Fsp3) is 0.0909. The first-order chi connectivity index (χ1) is 12.8. The molecule has 1 N–H and O–H groups in total. The number of ether oxygens (including phenoxy) is 1. The Morgan fingerprint density at radius 1 is 0.769 bits per heavy atom. The highest BCUT2D eigenvalue weighted by atomic mass is 16.5. The fourth-order valence-corrected chi connectivity index (χ4v) is 3.02. The summed E-state index contributed by atoms with van der Waals surface area (Å²) in [6, 6.07) is 28.3. The second kappa shape index (κ2) is 7.23. The van der Waals surface area contributed by atoms with Crippen molar-refractivity contribution in [2.24, 2.45) is 10.2 Å². The summed E-state index contributed by atoms with van der Waals surface area (Å²) in [4.78, 5) is 0. The van der Waals surface area contributed by atoms with Gasteiger partial charge in [0.25, 0.3) is 0 Å². The Labute approximate surface area is 152 Å². The van der Waals surface area contributed by atoms with E-state index in [0.717, 1.165) is 33.8 Å². The molecule has 3 aromatic carbocycles. The van der Waals surface area contributed by atoms with Gasteiger partial charge in [-0.25, -0.2) is 0 Å². The molecule has 128 valence electrons. The molecule has 4 rings (SSSR count). The third-order valence-corrected chi connectivity index (χ3v) is 4.33. The Morgan fingerprint density at radius 3 is 2.00 bits per heavy atom. The summed E-state index contributed by atoms with van der Waals surface area (Å²) in [6.07, 6.45) is -0.235. The van der Waals surface area contributed by atoms with Crippen molar-refractivity contribution in [1.82, 2.24) is 0 Å². The van der Waals surface area contributed by atoms with Gasteiger partial charge in [-0.3, -0.25) is 0 Å². The van der Waals surface area contributed by atoms with Crippen molar-refractivity contribution in [1.29, 1.82) is 0 Å². The van der Waals surface area contributed by atoms with Crippen molar-refractivity contribution in [2.45, 2.75) is 6.17 Å². The summed E-state index contributed by atoms with van der Waals surface area (Å²) in [5.41, 5.74) is 5.13. The first kappa shape index (κ1) is 16.1. The van der Waals surface area contributed by atoms with Crippen molar-refractivity contribution < 1.29 is 4.74 Å². The van der Waals surface area contributed by atoms with Crippen LogP contribution in [0.5, 0.6) is 5.75 Å². The van der Waals surface area contributed by atoms with E-state index in [0.29, 0.717) is 0 Å². The number of benzene rings is 3. The van der Waals surface area contributed by atoms with Crippen LogP contribution in [0.1, 0.15) is 11.1 Å². The number of hydrogen-bond acceptors (Lipinski definition) is 4. The van der Waals surface area contributed by atoms with Gasteiger partial charge in [0.05, 0.1) is 7.11 Å². The second-order valence-electron chi connectivity index (χ2n) is 5.99. The van der Waals surface area contributed by atoms with Gasteiger partial charge in [0, 0.05) is 16.8 Å². The lowest BCUT2D eigenvalue weighted by molar-refractivity contribution is 0.415. The molecule has 0 amide bonds. The van der Waals surface area contributed by atoms with Gasteiger partial charge in [0.2, 0.25) is 0 Å². The third kappa shape index (κ3) is 3.22. The van der Waals surface area contributed by atoms with Crippen LogP contribution >= 0.6 is 0 Å². The van der Waals surface area contributed by atoms with Crippen molar-refractivity contribution in [2.75, 3.05) is 12.4 Å². The van der Waals surface area contributed by atoms with Gasteiger partial charge in [-0.1, -0.05) is 60.7 Å². The molecule has 26 heavy (non-hydrogen) atoms. The maximum atomic E-state index is 5.23. The Balaban J connectivity index is 1.72. The lowest BCUT2D eigenvalue weighted by Gasteiger charge is -2.16. The Bertz CT molecular complexity index is 932. The number of anilines is 1. The van der Waals surface area contributed by atoms with E-state index in [1.807, 2.05) is 60.7 Å². The van der Waals surface area contributed by atoms with E-state index in [9.17, 15) is 0 Å². The van der Waals surface area contributed by atoms with Crippen LogP contribution in [0, 0.1) is 0 Å². The summed E-state index contributed by atoms with van der Waals surface area (Å²) in [5, 5.41) is 12.5. The Hall–Kier alpha value is -3.40. The van der Waals surface area contributed by atoms with Crippen LogP contribution in [0.4, 0.5) is 5.69 Å². The van der Waals surface area contributed by atoms with E-state index in [-0.39, 0.29) is 6.17 Å². The van der Waals surface area contributed by atoms with Crippen molar-refractivity contribution in [3.05, 3.63) is 96.1 Å². The maximum absolute atomic E-state index is 5.23. The summed E-state index contributed by atoms with van der Waals surface area (Å²) in [6.45, 7) is 0. The Morgan fingerprint density at radius 2 is 1.38 bits per heavy atom. The number of nitrogens with one attached hydrogen (secondary N) is 1. The van der Waals surface area contributed by atoms with Gasteiger partial charge in [-0.2, -0.15) is 10.2 Å². The molecule has 1 atom stereocenters. The lowest BCUT2D eigenvalue weighted by atomic mass is 9.98. The minimum absolute atomic E-state index is 0.235. The molecule has 0 bridgehead atoms. The highest BCUT2D eigenvalue weighted by Crippen LogP contribution is 2.37. The quantitative estimate of drug-likeness (QED) is 0.669. The van der Waals surface area contributed by atoms with Crippen molar-refractivity contribution in [3.63, 3.8) is 0 Å². The molecule has 4 nitrogen and oxygen atoms in total. The van der Waals surface area contributed by atoms with E-state index in [1.165, 1.54) is 0 Å². The Kier molecular flexibility index (Phi) is 4.48. The van der Waals surface area contributed by atoms with Gasteiger partial charge in [-0.15, -0.1) is 0 Å². The molecule has 1 aliphatic heterocycles. The number of azo groups is 1. The zero-order valence-electron chi connectivity index (χ0n) is 14.5. The monoisotopic (exact) mass is 341 g/mol. The molecular weight excluding hydrogens is 322 g/mol. The van der Waals surface area contributed by atoms with Gasteiger partial charge in [0.15, 0.2) is 6.17 Å². The van der Waals surface area contributed by atoms with Crippen LogP contribution in [0.2, 0.25) is 0 Å². The zero-order chi connectivity index (χ0) is 17.8. The van der Waals surface area contributed by atoms with Gasteiger partial charge in [0.1, 0.15) is 11.4 Å². The summed E-state index contributed by atoms with van der Waals surface area (Å²) in [5.74, 6) is 0.826. The number of rotatable bonds is 5. The summed E-state index contributed by atoms with van der Waals surface area (Å²) >= 11 is 0.